The molecule has 12 heteroatoms. The second kappa shape index (κ2) is 8.65. The van der Waals surface area contributed by atoms with Crippen molar-refractivity contribution in [3.05, 3.63) is 61.5 Å². The van der Waals surface area contributed by atoms with Gasteiger partial charge < -0.3 is 14.5 Å². The fourth-order valence-corrected chi connectivity index (χ4v) is 3.54. The van der Waals surface area contributed by atoms with Gasteiger partial charge >= 0.3 is 11.0 Å². The standard InChI is InChI=1S/C17H16N4O7S/c22-15(11-28-17(23)14-5-6-16(29-14)21(26)27)19-9-7-18(8-10-19)12-1-3-13(4-2-12)20(24)25/h1-6H,7-11H2. The lowest BCUT2D eigenvalue weighted by atomic mass is 10.2. The molecule has 1 aliphatic rings. The molecule has 1 aliphatic heterocycles. The van der Waals surface area contributed by atoms with Crippen molar-refractivity contribution >= 4 is 39.6 Å². The Morgan fingerprint density at radius 2 is 1.62 bits per heavy atom. The van der Waals surface area contributed by atoms with E-state index in [9.17, 15) is 29.8 Å². The third kappa shape index (κ3) is 4.85. The molecule has 29 heavy (non-hydrogen) atoms. The summed E-state index contributed by atoms with van der Waals surface area (Å²) in [7, 11) is 0. The molecule has 1 fully saturated rings. The Bertz CT molecular complexity index is 936. The van der Waals surface area contributed by atoms with Crippen molar-refractivity contribution in [1.82, 2.24) is 4.90 Å². The fraction of sp³-hybridized carbons (Fsp3) is 0.294. The Balaban J connectivity index is 1.47. The SMILES string of the molecule is O=C(OCC(=O)N1CCN(c2ccc([N+](=O)[O-])cc2)CC1)c1ccc([N+](=O)[O-])s1. The molecular formula is C17H16N4O7S. The summed E-state index contributed by atoms with van der Waals surface area (Å²) < 4.78 is 4.96. The van der Waals surface area contributed by atoms with Gasteiger partial charge in [-0.2, -0.15) is 0 Å². The maximum Gasteiger partial charge on any atom is 0.349 e. The van der Waals surface area contributed by atoms with Crippen molar-refractivity contribution in [1.29, 1.82) is 0 Å². The molecular weight excluding hydrogens is 404 g/mol. The number of amides is 1. The number of nitro groups is 2. The number of nitrogens with zero attached hydrogens (tertiary/aromatic N) is 4. The van der Waals surface area contributed by atoms with Gasteiger partial charge in [-0.1, -0.05) is 11.3 Å². The van der Waals surface area contributed by atoms with Crippen LogP contribution in [0.25, 0.3) is 0 Å². The van der Waals surface area contributed by atoms with Crippen LogP contribution in [0.4, 0.5) is 16.4 Å². The molecule has 2 aromatic rings. The van der Waals surface area contributed by atoms with Crippen molar-refractivity contribution in [2.24, 2.45) is 0 Å². The van der Waals surface area contributed by atoms with E-state index in [2.05, 4.69) is 0 Å². The van der Waals surface area contributed by atoms with E-state index in [-0.39, 0.29) is 21.5 Å². The van der Waals surface area contributed by atoms with Gasteiger partial charge in [0.2, 0.25) is 0 Å². The smallest absolute Gasteiger partial charge is 0.349 e. The van der Waals surface area contributed by atoms with Crippen molar-refractivity contribution < 1.29 is 24.2 Å². The number of rotatable bonds is 6. The first-order valence-electron chi connectivity index (χ1n) is 8.53. The molecule has 3 rings (SSSR count). The van der Waals surface area contributed by atoms with Gasteiger partial charge in [-0.15, -0.1) is 0 Å². The maximum atomic E-state index is 12.3. The summed E-state index contributed by atoms with van der Waals surface area (Å²) in [6.07, 6.45) is 0. The molecule has 2 heterocycles. The Morgan fingerprint density at radius 1 is 0.966 bits per heavy atom. The largest absolute Gasteiger partial charge is 0.451 e. The Kier molecular flexibility index (Phi) is 6.02. The number of hydrogen-bond donors (Lipinski definition) is 0. The third-order valence-corrected chi connectivity index (χ3v) is 5.37. The lowest BCUT2D eigenvalue weighted by molar-refractivity contribution is -0.384. The minimum Gasteiger partial charge on any atom is -0.451 e. The zero-order chi connectivity index (χ0) is 21.0. The number of anilines is 1. The fourth-order valence-electron chi connectivity index (χ4n) is 2.82. The first-order valence-corrected chi connectivity index (χ1v) is 9.35. The van der Waals surface area contributed by atoms with Crippen LogP contribution >= 0.6 is 11.3 Å². The summed E-state index contributed by atoms with van der Waals surface area (Å²) in [5.41, 5.74) is 0.842. The normalized spacial score (nSPS) is 13.8. The Hall–Kier alpha value is -3.54. The first kappa shape index (κ1) is 20.2. The van der Waals surface area contributed by atoms with Crippen molar-refractivity contribution in [2.45, 2.75) is 0 Å². The van der Waals surface area contributed by atoms with Gasteiger partial charge in [0.05, 0.1) is 9.85 Å². The van der Waals surface area contributed by atoms with Gasteiger partial charge in [0.25, 0.3) is 11.6 Å². The van der Waals surface area contributed by atoms with E-state index in [0.29, 0.717) is 37.5 Å². The minimum absolute atomic E-state index is 0.0143. The van der Waals surface area contributed by atoms with Crippen LogP contribution < -0.4 is 4.90 Å². The van der Waals surface area contributed by atoms with Crippen LogP contribution in [0.2, 0.25) is 0 Å². The molecule has 0 N–H and O–H groups in total. The zero-order valence-electron chi connectivity index (χ0n) is 15.1. The van der Waals surface area contributed by atoms with Gasteiger partial charge in [-0.25, -0.2) is 4.79 Å². The summed E-state index contributed by atoms with van der Waals surface area (Å²) in [6, 6.07) is 8.69. The summed E-state index contributed by atoms with van der Waals surface area (Å²) in [5, 5.41) is 21.2. The van der Waals surface area contributed by atoms with Crippen LogP contribution in [0.3, 0.4) is 0 Å². The van der Waals surface area contributed by atoms with Crippen molar-refractivity contribution in [3.63, 3.8) is 0 Å². The number of benzene rings is 1. The van der Waals surface area contributed by atoms with Crippen molar-refractivity contribution in [2.75, 3.05) is 37.7 Å². The van der Waals surface area contributed by atoms with E-state index < -0.39 is 22.4 Å². The Labute approximate surface area is 168 Å². The predicted molar refractivity (Wildman–Crippen MR) is 103 cm³/mol. The molecule has 0 spiro atoms. The maximum absolute atomic E-state index is 12.3. The monoisotopic (exact) mass is 420 g/mol. The van der Waals surface area contributed by atoms with E-state index in [1.54, 1.807) is 17.0 Å². The van der Waals surface area contributed by atoms with Crippen LogP contribution in [0.5, 0.6) is 0 Å². The van der Waals surface area contributed by atoms with E-state index >= 15 is 0 Å². The van der Waals surface area contributed by atoms with Gasteiger partial charge in [-0.3, -0.25) is 25.0 Å². The highest BCUT2D eigenvalue weighted by Gasteiger charge is 2.23. The molecule has 0 aliphatic carbocycles. The molecule has 0 bridgehead atoms. The first-order chi connectivity index (χ1) is 13.8. The zero-order valence-corrected chi connectivity index (χ0v) is 15.9. The van der Waals surface area contributed by atoms with Gasteiger partial charge in [-0.05, 0) is 18.2 Å². The number of nitro benzene ring substituents is 1. The number of esters is 1. The van der Waals surface area contributed by atoms with E-state index in [1.807, 2.05) is 4.90 Å². The lowest BCUT2D eigenvalue weighted by Gasteiger charge is -2.36. The average Bonchev–Trinajstić information content (AvgIpc) is 3.23. The third-order valence-electron chi connectivity index (χ3n) is 4.36. The van der Waals surface area contributed by atoms with Crippen LogP contribution in [0, 0.1) is 20.2 Å². The molecule has 0 atom stereocenters. The molecule has 0 saturated carbocycles. The molecule has 1 saturated heterocycles. The van der Waals surface area contributed by atoms with Crippen molar-refractivity contribution in [3.8, 4) is 0 Å². The van der Waals surface area contributed by atoms with Crippen LogP contribution in [-0.2, 0) is 9.53 Å². The molecule has 1 amide bonds. The number of non-ortho nitro benzene ring substituents is 1. The summed E-state index contributed by atoms with van der Waals surface area (Å²) in [5.74, 6) is -1.13. The van der Waals surface area contributed by atoms with Gasteiger partial charge in [0.1, 0.15) is 4.88 Å². The number of carbonyl (C=O) groups is 2. The van der Waals surface area contributed by atoms with Gasteiger partial charge in [0.15, 0.2) is 6.61 Å². The quantitative estimate of drug-likeness (QED) is 0.393. The highest BCUT2D eigenvalue weighted by molar-refractivity contribution is 7.17. The van der Waals surface area contributed by atoms with E-state index in [1.165, 1.54) is 24.3 Å². The average molecular weight is 420 g/mol. The minimum atomic E-state index is -0.777. The molecule has 11 nitrogen and oxygen atoms in total. The lowest BCUT2D eigenvalue weighted by Crippen LogP contribution is -2.49. The van der Waals surface area contributed by atoms with Crippen LogP contribution in [-0.4, -0.2) is 59.4 Å². The molecule has 152 valence electrons. The van der Waals surface area contributed by atoms with Crippen LogP contribution in [0.1, 0.15) is 9.67 Å². The van der Waals surface area contributed by atoms with Gasteiger partial charge in [0, 0.05) is 50.1 Å². The molecule has 1 aromatic carbocycles. The summed E-state index contributed by atoms with van der Waals surface area (Å²) in [4.78, 5) is 48.1. The number of thiophene rings is 1. The number of ether oxygens (including phenoxy) is 1. The predicted octanol–water partition coefficient (Wildman–Crippen LogP) is 2.07. The topological polar surface area (TPSA) is 136 Å². The molecule has 1 aromatic heterocycles. The number of piperazine rings is 1. The van der Waals surface area contributed by atoms with Crippen LogP contribution in [0.15, 0.2) is 36.4 Å². The molecule has 0 radical (unpaired) electrons. The number of hydrogen-bond acceptors (Lipinski definition) is 9. The summed E-state index contributed by atoms with van der Waals surface area (Å²) in [6.45, 7) is 1.46. The number of carbonyl (C=O) groups excluding carboxylic acids is 2. The van der Waals surface area contributed by atoms with E-state index in [4.69, 9.17) is 4.74 Å². The highest BCUT2D eigenvalue weighted by atomic mass is 32.1. The highest BCUT2D eigenvalue weighted by Crippen LogP contribution is 2.24. The Morgan fingerprint density at radius 3 is 2.17 bits per heavy atom. The second-order valence-electron chi connectivity index (χ2n) is 6.11. The van der Waals surface area contributed by atoms with E-state index in [0.717, 1.165) is 5.69 Å². The second-order valence-corrected chi connectivity index (χ2v) is 7.17. The molecule has 0 unspecified atom stereocenters. The summed E-state index contributed by atoms with van der Waals surface area (Å²) >= 11 is 0.690.